The molecule has 1 unspecified atom stereocenters. The minimum Gasteiger partial charge on any atom is -0.496 e. The summed E-state index contributed by atoms with van der Waals surface area (Å²) in [5, 5.41) is 13.6. The summed E-state index contributed by atoms with van der Waals surface area (Å²) in [6, 6.07) is 4.92. The van der Waals surface area contributed by atoms with Gasteiger partial charge in [-0.05, 0) is 29.5 Å². The van der Waals surface area contributed by atoms with Crippen molar-refractivity contribution in [1.82, 2.24) is 10.3 Å². The molecule has 0 bridgehead atoms. The minimum absolute atomic E-state index is 0.0128. The van der Waals surface area contributed by atoms with E-state index in [1.54, 1.807) is 24.4 Å². The van der Waals surface area contributed by atoms with Gasteiger partial charge in [0.25, 0.3) is 5.91 Å². The van der Waals surface area contributed by atoms with Crippen LogP contribution in [0.1, 0.15) is 10.4 Å². The number of aromatic nitrogens is 1. The molecular weight excluding hydrogens is 338 g/mol. The summed E-state index contributed by atoms with van der Waals surface area (Å²) in [4.78, 5) is 27.7. The van der Waals surface area contributed by atoms with Crippen molar-refractivity contribution < 1.29 is 24.2 Å². The maximum absolute atomic E-state index is 11.9. The van der Waals surface area contributed by atoms with Crippen molar-refractivity contribution in [3.05, 3.63) is 30.0 Å². The summed E-state index contributed by atoms with van der Waals surface area (Å²) >= 11 is 0. The first kappa shape index (κ1) is 16.6. The largest absolute Gasteiger partial charge is 0.496 e. The third-order valence-corrected chi connectivity index (χ3v) is 5.25. The summed E-state index contributed by atoms with van der Waals surface area (Å²) in [6.45, 7) is 0.272. The first-order valence-corrected chi connectivity index (χ1v) is 8.35. The predicted molar refractivity (Wildman–Crippen MR) is 91.8 cm³/mol. The molecule has 1 saturated carbocycles. The van der Waals surface area contributed by atoms with Crippen molar-refractivity contribution in [3.63, 3.8) is 0 Å². The van der Waals surface area contributed by atoms with Crippen molar-refractivity contribution in [2.45, 2.75) is 6.04 Å². The molecule has 2 heterocycles. The zero-order valence-corrected chi connectivity index (χ0v) is 14.1. The Labute approximate surface area is 149 Å². The number of methoxy groups -OCH3 is 1. The average molecular weight is 357 g/mol. The Morgan fingerprint density at radius 2 is 2.23 bits per heavy atom. The maximum Gasteiger partial charge on any atom is 0.252 e. The summed E-state index contributed by atoms with van der Waals surface area (Å²) in [7, 11) is 1.46. The van der Waals surface area contributed by atoms with E-state index in [4.69, 9.17) is 15.2 Å². The number of hydrogen-bond acceptors (Lipinski definition) is 6. The van der Waals surface area contributed by atoms with Gasteiger partial charge in [-0.15, -0.1) is 0 Å². The highest BCUT2D eigenvalue weighted by molar-refractivity contribution is 6.01. The Kier molecular flexibility index (Phi) is 3.91. The van der Waals surface area contributed by atoms with E-state index in [9.17, 15) is 14.7 Å². The van der Waals surface area contributed by atoms with Gasteiger partial charge in [0.05, 0.1) is 18.7 Å². The fourth-order valence-electron chi connectivity index (χ4n) is 3.90. The third kappa shape index (κ3) is 2.53. The number of rotatable bonds is 6. The van der Waals surface area contributed by atoms with Crippen molar-refractivity contribution in [2.24, 2.45) is 23.5 Å². The summed E-state index contributed by atoms with van der Waals surface area (Å²) in [5.41, 5.74) is 5.68. The second-order valence-electron chi connectivity index (χ2n) is 6.63. The molecule has 26 heavy (non-hydrogen) atoms. The third-order valence-electron chi connectivity index (χ3n) is 5.25. The molecule has 1 aromatic carbocycles. The molecule has 4 atom stereocenters. The number of nitrogens with two attached hydrogens (primary N) is 1. The van der Waals surface area contributed by atoms with Gasteiger partial charge in [0.1, 0.15) is 12.4 Å². The minimum atomic E-state index is -0.577. The number of piperidine rings is 1. The number of hydrogen-bond donors (Lipinski definition) is 3. The first-order valence-electron chi connectivity index (χ1n) is 8.35. The van der Waals surface area contributed by atoms with Gasteiger partial charge < -0.3 is 25.6 Å². The van der Waals surface area contributed by atoms with Gasteiger partial charge in [-0.25, -0.2) is 4.98 Å². The molecule has 2 aliphatic rings. The molecule has 4 rings (SSSR count). The molecule has 1 aliphatic carbocycles. The van der Waals surface area contributed by atoms with Crippen LogP contribution in [0, 0.1) is 17.8 Å². The van der Waals surface area contributed by atoms with Crippen LogP contribution < -0.4 is 20.5 Å². The fourth-order valence-corrected chi connectivity index (χ4v) is 3.90. The van der Waals surface area contributed by atoms with Gasteiger partial charge in [-0.2, -0.15) is 0 Å². The zero-order valence-electron chi connectivity index (χ0n) is 14.1. The van der Waals surface area contributed by atoms with Crippen LogP contribution >= 0.6 is 0 Å². The normalized spacial score (nSPS) is 26.3. The van der Waals surface area contributed by atoms with E-state index < -0.39 is 5.91 Å². The number of amides is 2. The van der Waals surface area contributed by atoms with Crippen molar-refractivity contribution >= 4 is 22.6 Å². The van der Waals surface area contributed by atoms with E-state index in [-0.39, 0.29) is 48.5 Å². The molecule has 2 amide bonds. The van der Waals surface area contributed by atoms with Crippen LogP contribution in [0.2, 0.25) is 0 Å². The number of nitrogens with zero attached hydrogens (tertiary/aromatic N) is 1. The molecule has 4 N–H and O–H groups in total. The lowest BCUT2D eigenvalue weighted by atomic mass is 10.1. The quantitative estimate of drug-likeness (QED) is 0.672. The van der Waals surface area contributed by atoms with Crippen molar-refractivity contribution in [1.29, 1.82) is 0 Å². The number of ether oxygens (including phenoxy) is 2. The molecule has 8 heteroatoms. The lowest BCUT2D eigenvalue weighted by molar-refractivity contribution is -0.122. The van der Waals surface area contributed by atoms with Gasteiger partial charge >= 0.3 is 0 Å². The molecule has 1 aromatic heterocycles. The Hall–Kier alpha value is -2.87. The average Bonchev–Trinajstić information content (AvgIpc) is 3.29. The fraction of sp³-hybridized carbons (Fsp3) is 0.389. The van der Waals surface area contributed by atoms with Gasteiger partial charge in [0.2, 0.25) is 11.8 Å². The number of fused-ring (bicyclic) bond motifs is 2. The summed E-state index contributed by atoms with van der Waals surface area (Å²) in [5.74, 6) is 0.157. The monoisotopic (exact) mass is 357 g/mol. The highest BCUT2D eigenvalue weighted by Crippen LogP contribution is 2.52. The maximum atomic E-state index is 11.9. The number of aliphatic hydroxyl groups is 1. The van der Waals surface area contributed by atoms with Crippen LogP contribution in [0.15, 0.2) is 24.4 Å². The van der Waals surface area contributed by atoms with Crippen LogP contribution in [-0.2, 0) is 4.79 Å². The smallest absolute Gasteiger partial charge is 0.252 e. The summed E-state index contributed by atoms with van der Waals surface area (Å²) in [6.07, 6.45) is 1.58. The van der Waals surface area contributed by atoms with Crippen LogP contribution in [-0.4, -0.2) is 48.3 Å². The number of carbonyl (C=O) groups excluding carboxylic acids is 2. The molecule has 1 saturated heterocycles. The number of primary amides is 1. The standard InChI is InChI=1S/C18H19N3O5/c1-25-13-5-9-8(4-10(13)16(19)23)2-3-20-18(9)26-7-12-14-11(6-22)15(14)17(24)21-12/h2-5,11-12,14-15,22H,6-7H2,1H3,(H2,19,23)(H,21,24)/t11?,12-,14-,15-/m1/s1. The van der Waals surface area contributed by atoms with Crippen molar-refractivity contribution in [2.75, 3.05) is 20.3 Å². The van der Waals surface area contributed by atoms with Gasteiger partial charge in [0.15, 0.2) is 0 Å². The molecule has 2 fully saturated rings. The van der Waals surface area contributed by atoms with Crippen LogP contribution in [0.4, 0.5) is 0 Å². The molecule has 2 aromatic rings. The van der Waals surface area contributed by atoms with E-state index in [1.807, 2.05) is 0 Å². The molecule has 1 aliphatic heterocycles. The molecular formula is C18H19N3O5. The van der Waals surface area contributed by atoms with Crippen LogP contribution in [0.3, 0.4) is 0 Å². The molecule has 0 radical (unpaired) electrons. The Morgan fingerprint density at radius 1 is 1.42 bits per heavy atom. The van der Waals surface area contributed by atoms with Crippen LogP contribution in [0.5, 0.6) is 11.6 Å². The summed E-state index contributed by atoms with van der Waals surface area (Å²) < 4.78 is 11.1. The van der Waals surface area contributed by atoms with Gasteiger partial charge in [-0.3, -0.25) is 9.59 Å². The zero-order chi connectivity index (χ0) is 18.4. The Balaban J connectivity index is 1.59. The molecule has 8 nitrogen and oxygen atoms in total. The lowest BCUT2D eigenvalue weighted by Crippen LogP contribution is -2.37. The number of nitrogens with one attached hydrogen (secondary N) is 1. The topological polar surface area (TPSA) is 124 Å². The lowest BCUT2D eigenvalue weighted by Gasteiger charge is -2.17. The Morgan fingerprint density at radius 3 is 2.88 bits per heavy atom. The SMILES string of the molecule is COc1cc2c(OC[C@H]3NC(=O)[C@@H]4C(CO)[C@@H]43)nccc2cc1C(N)=O. The molecule has 136 valence electrons. The second kappa shape index (κ2) is 6.14. The van der Waals surface area contributed by atoms with E-state index >= 15 is 0 Å². The first-order chi connectivity index (χ1) is 12.5. The molecule has 0 spiro atoms. The Bertz CT molecular complexity index is 900. The van der Waals surface area contributed by atoms with Gasteiger partial charge in [-0.1, -0.05) is 0 Å². The van der Waals surface area contributed by atoms with E-state index in [0.29, 0.717) is 17.0 Å². The second-order valence-corrected chi connectivity index (χ2v) is 6.63. The van der Waals surface area contributed by atoms with E-state index in [0.717, 1.165) is 5.39 Å². The highest BCUT2D eigenvalue weighted by atomic mass is 16.5. The van der Waals surface area contributed by atoms with Gasteiger partial charge in [0, 0.05) is 30.0 Å². The van der Waals surface area contributed by atoms with Crippen molar-refractivity contribution in [3.8, 4) is 11.6 Å². The van der Waals surface area contributed by atoms with E-state index in [2.05, 4.69) is 10.3 Å². The predicted octanol–water partition coefficient (Wildman–Crippen LogP) is 0.0740. The van der Waals surface area contributed by atoms with E-state index in [1.165, 1.54) is 7.11 Å². The number of aliphatic hydroxyl groups excluding tert-OH is 1. The van der Waals surface area contributed by atoms with Crippen LogP contribution in [0.25, 0.3) is 10.8 Å². The number of carbonyl (C=O) groups is 2. The number of pyridine rings is 1. The number of benzene rings is 1. The highest BCUT2D eigenvalue weighted by Gasteiger charge is 2.63.